The monoisotopic (exact) mass is 378 g/mol. The largest absolute Gasteiger partial charge is 0.505 e. The van der Waals surface area contributed by atoms with Gasteiger partial charge in [0.05, 0.1) is 11.4 Å². The third-order valence-electron chi connectivity index (χ3n) is 4.28. The van der Waals surface area contributed by atoms with Crippen molar-refractivity contribution in [3.8, 4) is 17.1 Å². The number of aromatic nitrogens is 3. The zero-order valence-electron chi connectivity index (χ0n) is 14.7. The van der Waals surface area contributed by atoms with Crippen LogP contribution >= 0.6 is 0 Å². The van der Waals surface area contributed by atoms with Crippen molar-refractivity contribution in [2.24, 2.45) is 0 Å². The van der Waals surface area contributed by atoms with Gasteiger partial charge < -0.3 is 10.0 Å². The molecule has 28 heavy (non-hydrogen) atoms. The molecule has 0 aliphatic heterocycles. The number of hydrogen-bond acceptors (Lipinski definition) is 4. The Balaban J connectivity index is 1.73. The van der Waals surface area contributed by atoms with Crippen molar-refractivity contribution in [1.29, 1.82) is 0 Å². The highest BCUT2D eigenvalue weighted by Gasteiger charge is 2.16. The number of pyridine rings is 1. The Labute approximate surface area is 159 Å². The molecule has 4 aromatic rings. The van der Waals surface area contributed by atoms with Gasteiger partial charge >= 0.3 is 0 Å². The minimum absolute atomic E-state index is 0.327. The highest BCUT2D eigenvalue weighted by molar-refractivity contribution is 5.66. The smallest absolute Gasteiger partial charge is 0.164 e. The number of rotatable bonds is 5. The van der Waals surface area contributed by atoms with Gasteiger partial charge in [-0.1, -0.05) is 18.2 Å². The molecule has 2 N–H and O–H groups in total. The van der Waals surface area contributed by atoms with Crippen LogP contribution in [0.15, 0.2) is 72.9 Å². The fourth-order valence-electron chi connectivity index (χ4n) is 2.85. The fourth-order valence-corrected chi connectivity index (χ4v) is 2.85. The first-order chi connectivity index (χ1) is 13.6. The number of H-pyrrole nitrogens is 1. The van der Waals surface area contributed by atoms with E-state index in [9.17, 15) is 13.9 Å². The molecule has 0 spiro atoms. The van der Waals surface area contributed by atoms with Crippen molar-refractivity contribution in [3.05, 3.63) is 90.1 Å². The lowest BCUT2D eigenvalue weighted by Crippen LogP contribution is -2.17. The molecule has 5 nitrogen and oxygen atoms in total. The predicted octanol–water partition coefficient (Wildman–Crippen LogP) is 4.79. The normalized spacial score (nSPS) is 10.8. The van der Waals surface area contributed by atoms with E-state index in [0.29, 0.717) is 23.7 Å². The first-order valence-electron chi connectivity index (χ1n) is 8.57. The van der Waals surface area contributed by atoms with Gasteiger partial charge in [-0.2, -0.15) is 5.10 Å². The molecule has 0 aliphatic rings. The van der Waals surface area contributed by atoms with Crippen LogP contribution in [-0.4, -0.2) is 20.3 Å². The van der Waals surface area contributed by atoms with Gasteiger partial charge in [0, 0.05) is 30.6 Å². The van der Waals surface area contributed by atoms with Crippen LogP contribution in [0.2, 0.25) is 0 Å². The summed E-state index contributed by atoms with van der Waals surface area (Å²) in [6.45, 7) is 0.345. The van der Waals surface area contributed by atoms with Crippen LogP contribution in [0.4, 0.5) is 20.3 Å². The molecule has 0 atom stereocenters. The molecule has 140 valence electrons. The van der Waals surface area contributed by atoms with Crippen LogP contribution in [0.1, 0.15) is 5.56 Å². The van der Waals surface area contributed by atoms with Gasteiger partial charge in [0.15, 0.2) is 17.4 Å². The average molecular weight is 378 g/mol. The van der Waals surface area contributed by atoms with Gasteiger partial charge in [-0.25, -0.2) is 8.78 Å². The number of halogens is 2. The van der Waals surface area contributed by atoms with E-state index in [1.54, 1.807) is 29.3 Å². The quantitative estimate of drug-likeness (QED) is 0.524. The highest BCUT2D eigenvalue weighted by Crippen LogP contribution is 2.31. The number of phenols is 1. The summed E-state index contributed by atoms with van der Waals surface area (Å²) in [7, 11) is 0. The van der Waals surface area contributed by atoms with Crippen molar-refractivity contribution in [2.75, 3.05) is 4.90 Å². The predicted molar refractivity (Wildman–Crippen MR) is 102 cm³/mol. The van der Waals surface area contributed by atoms with Crippen LogP contribution in [0.25, 0.3) is 11.4 Å². The molecule has 0 unspecified atom stereocenters. The topological polar surface area (TPSA) is 65.0 Å². The summed E-state index contributed by atoms with van der Waals surface area (Å²) in [5.74, 6) is -0.938. The first kappa shape index (κ1) is 17.7. The molecule has 0 radical (unpaired) electrons. The van der Waals surface area contributed by atoms with Crippen LogP contribution < -0.4 is 4.90 Å². The molecule has 0 bridgehead atoms. The lowest BCUT2D eigenvalue weighted by Gasteiger charge is -2.22. The zero-order chi connectivity index (χ0) is 19.5. The number of anilines is 2. The number of hydrogen-bond donors (Lipinski definition) is 2. The standard InChI is InChI=1S/C21H16F2N4O/c22-15-6-4-14(5-7-15)13-27(16-8-9-17(23)20(28)11-16)21-12-19(25-26-21)18-3-1-2-10-24-18/h1-12,28H,13H2,(H,25,26). The summed E-state index contributed by atoms with van der Waals surface area (Å²) >= 11 is 0. The summed E-state index contributed by atoms with van der Waals surface area (Å²) in [4.78, 5) is 6.08. The van der Waals surface area contributed by atoms with Crippen molar-refractivity contribution in [1.82, 2.24) is 15.2 Å². The van der Waals surface area contributed by atoms with Crippen LogP contribution in [0.3, 0.4) is 0 Å². The van der Waals surface area contributed by atoms with Crippen molar-refractivity contribution >= 4 is 11.5 Å². The Morgan fingerprint density at radius 2 is 1.79 bits per heavy atom. The first-order valence-corrected chi connectivity index (χ1v) is 8.57. The van der Waals surface area contributed by atoms with E-state index in [4.69, 9.17) is 0 Å². The molecular weight excluding hydrogens is 362 g/mol. The molecular formula is C21H16F2N4O. The van der Waals surface area contributed by atoms with Crippen LogP contribution in [-0.2, 0) is 6.54 Å². The summed E-state index contributed by atoms with van der Waals surface area (Å²) in [5.41, 5.74) is 2.81. The van der Waals surface area contributed by atoms with Gasteiger partial charge in [-0.15, -0.1) is 0 Å². The van der Waals surface area contributed by atoms with Crippen molar-refractivity contribution < 1.29 is 13.9 Å². The minimum atomic E-state index is -0.707. The van der Waals surface area contributed by atoms with Crippen molar-refractivity contribution in [2.45, 2.75) is 6.54 Å². The minimum Gasteiger partial charge on any atom is -0.505 e. The Hall–Kier alpha value is -3.74. The molecule has 0 aliphatic carbocycles. The SMILES string of the molecule is Oc1cc(N(Cc2ccc(F)cc2)c2cc(-c3ccccn3)[nH]n2)ccc1F. The number of nitrogens with zero attached hydrogens (tertiary/aromatic N) is 3. The maximum absolute atomic E-state index is 13.5. The molecule has 2 heterocycles. The Kier molecular flexibility index (Phi) is 4.72. The molecule has 2 aromatic carbocycles. The second kappa shape index (κ2) is 7.48. The van der Waals surface area contributed by atoms with E-state index in [1.165, 1.54) is 24.3 Å². The maximum atomic E-state index is 13.5. The van der Waals surface area contributed by atoms with Gasteiger partial charge in [0.1, 0.15) is 5.82 Å². The molecule has 0 saturated heterocycles. The molecule has 4 rings (SSSR count). The summed E-state index contributed by atoms with van der Waals surface area (Å²) < 4.78 is 26.8. The van der Waals surface area contributed by atoms with E-state index >= 15 is 0 Å². The summed E-state index contributed by atoms with van der Waals surface area (Å²) in [6.07, 6.45) is 1.68. The second-order valence-electron chi connectivity index (χ2n) is 6.20. The second-order valence-corrected chi connectivity index (χ2v) is 6.20. The van der Waals surface area contributed by atoms with E-state index in [1.807, 2.05) is 24.3 Å². The van der Waals surface area contributed by atoms with Crippen LogP contribution in [0.5, 0.6) is 5.75 Å². The van der Waals surface area contributed by atoms with Crippen molar-refractivity contribution in [3.63, 3.8) is 0 Å². The summed E-state index contributed by atoms with van der Waals surface area (Å²) in [5, 5.41) is 17.1. The van der Waals surface area contributed by atoms with E-state index in [-0.39, 0.29) is 5.82 Å². The van der Waals surface area contributed by atoms with Gasteiger partial charge in [0.25, 0.3) is 0 Å². The average Bonchev–Trinajstić information content (AvgIpc) is 3.20. The van der Waals surface area contributed by atoms with E-state index < -0.39 is 11.6 Å². The number of nitrogens with one attached hydrogen (secondary N) is 1. The summed E-state index contributed by atoms with van der Waals surface area (Å²) in [6, 6.07) is 17.5. The third kappa shape index (κ3) is 3.68. The Morgan fingerprint density at radius 3 is 2.50 bits per heavy atom. The number of aromatic amines is 1. The number of aromatic hydroxyl groups is 1. The zero-order valence-corrected chi connectivity index (χ0v) is 14.7. The molecule has 0 fully saturated rings. The lowest BCUT2D eigenvalue weighted by molar-refractivity contribution is 0.432. The van der Waals surface area contributed by atoms with Gasteiger partial charge in [-0.3, -0.25) is 10.1 Å². The third-order valence-corrected chi connectivity index (χ3v) is 4.28. The number of benzene rings is 2. The molecule has 2 aromatic heterocycles. The van der Waals surface area contributed by atoms with E-state index in [0.717, 1.165) is 11.3 Å². The Bertz CT molecular complexity index is 1080. The highest BCUT2D eigenvalue weighted by atomic mass is 19.1. The molecule has 7 heteroatoms. The molecule has 0 amide bonds. The van der Waals surface area contributed by atoms with Gasteiger partial charge in [0.2, 0.25) is 0 Å². The number of phenolic OH excluding ortho intramolecular Hbond substituents is 1. The Morgan fingerprint density at radius 1 is 0.964 bits per heavy atom. The maximum Gasteiger partial charge on any atom is 0.164 e. The van der Waals surface area contributed by atoms with E-state index in [2.05, 4.69) is 15.2 Å². The van der Waals surface area contributed by atoms with Gasteiger partial charge in [-0.05, 0) is 42.0 Å². The molecule has 0 saturated carbocycles. The van der Waals surface area contributed by atoms with Crippen LogP contribution in [0, 0.1) is 11.6 Å². The fraction of sp³-hybridized carbons (Fsp3) is 0.0476. The lowest BCUT2D eigenvalue weighted by atomic mass is 10.1.